The van der Waals surface area contributed by atoms with Gasteiger partial charge in [-0.3, -0.25) is 4.79 Å². The largest absolute Gasteiger partial charge is 0.352 e. The van der Waals surface area contributed by atoms with E-state index in [1.54, 1.807) is 18.2 Å². The highest BCUT2D eigenvalue weighted by Gasteiger charge is 2.09. The summed E-state index contributed by atoms with van der Waals surface area (Å²) in [5.74, 6) is 0.346. The first kappa shape index (κ1) is 16.3. The molecule has 1 rings (SSSR count). The van der Waals surface area contributed by atoms with Crippen LogP contribution < -0.4 is 10.6 Å². The van der Waals surface area contributed by atoms with Crippen molar-refractivity contribution in [3.8, 4) is 0 Å². The van der Waals surface area contributed by atoms with Crippen molar-refractivity contribution in [1.29, 1.82) is 0 Å². The van der Waals surface area contributed by atoms with Crippen molar-refractivity contribution in [3.63, 3.8) is 0 Å². The van der Waals surface area contributed by atoms with Gasteiger partial charge >= 0.3 is 0 Å². The minimum absolute atomic E-state index is 0.112. The van der Waals surface area contributed by atoms with E-state index in [1.165, 1.54) is 0 Å². The van der Waals surface area contributed by atoms with E-state index in [2.05, 4.69) is 17.6 Å². The number of benzene rings is 1. The second kappa shape index (κ2) is 8.41. The zero-order valence-electron chi connectivity index (χ0n) is 11.3. The Hall–Kier alpha value is -0.770. The summed E-state index contributed by atoms with van der Waals surface area (Å²) in [6, 6.07) is 4.90. The van der Waals surface area contributed by atoms with Crippen LogP contribution in [0.25, 0.3) is 0 Å². The van der Waals surface area contributed by atoms with Gasteiger partial charge in [0.15, 0.2) is 0 Å². The molecular formula is C14H20Cl2N2O. The van der Waals surface area contributed by atoms with Gasteiger partial charge in [0, 0.05) is 12.1 Å². The van der Waals surface area contributed by atoms with Crippen LogP contribution in [0.3, 0.4) is 0 Å². The van der Waals surface area contributed by atoms with Crippen molar-refractivity contribution >= 4 is 29.1 Å². The van der Waals surface area contributed by atoms with Crippen molar-refractivity contribution in [2.45, 2.75) is 19.8 Å². The molecule has 0 radical (unpaired) electrons. The highest BCUT2D eigenvalue weighted by molar-refractivity contribution is 6.42. The van der Waals surface area contributed by atoms with Gasteiger partial charge in [0.25, 0.3) is 5.91 Å². The summed E-state index contributed by atoms with van der Waals surface area (Å²) in [7, 11) is 1.94. The van der Waals surface area contributed by atoms with Crippen LogP contribution in [0.2, 0.25) is 10.0 Å². The fourth-order valence-corrected chi connectivity index (χ4v) is 2.03. The molecule has 0 aliphatic carbocycles. The Balaban J connectivity index is 2.40. The van der Waals surface area contributed by atoms with Crippen LogP contribution in [-0.4, -0.2) is 26.0 Å². The van der Waals surface area contributed by atoms with Gasteiger partial charge in [-0.2, -0.15) is 0 Å². The van der Waals surface area contributed by atoms with Crippen molar-refractivity contribution in [1.82, 2.24) is 10.6 Å². The maximum absolute atomic E-state index is 11.9. The molecule has 106 valence electrons. The molecule has 0 aliphatic heterocycles. The zero-order valence-corrected chi connectivity index (χ0v) is 12.8. The number of hydrogen-bond donors (Lipinski definition) is 2. The lowest BCUT2D eigenvalue weighted by Crippen LogP contribution is -2.28. The zero-order chi connectivity index (χ0) is 14.3. The normalized spacial score (nSPS) is 12.2. The molecule has 0 saturated carbocycles. The number of carbonyl (C=O) groups excluding carboxylic acids is 1. The summed E-state index contributed by atoms with van der Waals surface area (Å²) >= 11 is 11.7. The standard InChI is InChI=1S/C14H20Cl2N2O/c1-10(4-3-7-17-2)9-18-14(19)11-5-6-12(15)13(16)8-11/h5-6,8,10,17H,3-4,7,9H2,1-2H3,(H,18,19). The van der Waals surface area contributed by atoms with Crippen molar-refractivity contribution in [2.75, 3.05) is 20.1 Å². The van der Waals surface area contributed by atoms with Crippen molar-refractivity contribution < 1.29 is 4.79 Å². The summed E-state index contributed by atoms with van der Waals surface area (Å²) < 4.78 is 0. The highest BCUT2D eigenvalue weighted by Crippen LogP contribution is 2.22. The fourth-order valence-electron chi connectivity index (χ4n) is 1.74. The molecule has 0 aliphatic rings. The molecule has 1 atom stereocenters. The molecule has 1 amide bonds. The second-order valence-electron chi connectivity index (χ2n) is 4.69. The van der Waals surface area contributed by atoms with E-state index in [1.807, 2.05) is 7.05 Å². The van der Waals surface area contributed by atoms with Gasteiger partial charge in [-0.1, -0.05) is 30.1 Å². The molecule has 0 fully saturated rings. The molecule has 0 bridgehead atoms. The Morgan fingerprint density at radius 3 is 2.68 bits per heavy atom. The molecular weight excluding hydrogens is 283 g/mol. The predicted molar refractivity (Wildman–Crippen MR) is 81.1 cm³/mol. The van der Waals surface area contributed by atoms with Crippen LogP contribution in [0, 0.1) is 5.92 Å². The maximum Gasteiger partial charge on any atom is 0.251 e. The highest BCUT2D eigenvalue weighted by atomic mass is 35.5. The monoisotopic (exact) mass is 302 g/mol. The minimum atomic E-state index is -0.112. The Bertz CT molecular complexity index is 424. The number of carbonyl (C=O) groups is 1. The molecule has 5 heteroatoms. The van der Waals surface area contributed by atoms with Crippen LogP contribution >= 0.6 is 23.2 Å². The Labute approximate surface area is 124 Å². The Kier molecular flexibility index (Phi) is 7.21. The number of halogens is 2. The van der Waals surface area contributed by atoms with Gasteiger partial charge in [-0.25, -0.2) is 0 Å². The third-order valence-electron chi connectivity index (χ3n) is 2.92. The minimum Gasteiger partial charge on any atom is -0.352 e. The first-order chi connectivity index (χ1) is 9.04. The third-order valence-corrected chi connectivity index (χ3v) is 3.66. The molecule has 19 heavy (non-hydrogen) atoms. The lowest BCUT2D eigenvalue weighted by molar-refractivity contribution is 0.0947. The van der Waals surface area contributed by atoms with E-state index in [0.29, 0.717) is 28.1 Å². The average molecular weight is 303 g/mol. The van der Waals surface area contributed by atoms with Crippen molar-refractivity contribution in [3.05, 3.63) is 33.8 Å². The lowest BCUT2D eigenvalue weighted by Gasteiger charge is -2.12. The quantitative estimate of drug-likeness (QED) is 0.758. The van der Waals surface area contributed by atoms with Crippen LogP contribution in [0.15, 0.2) is 18.2 Å². The summed E-state index contributed by atoms with van der Waals surface area (Å²) in [6.07, 6.45) is 2.20. The molecule has 0 heterocycles. The van der Waals surface area contributed by atoms with Gasteiger partial charge < -0.3 is 10.6 Å². The topological polar surface area (TPSA) is 41.1 Å². The number of nitrogens with one attached hydrogen (secondary N) is 2. The Morgan fingerprint density at radius 1 is 1.32 bits per heavy atom. The van der Waals surface area contributed by atoms with Gasteiger partial charge in [0.05, 0.1) is 10.0 Å². The summed E-state index contributed by atoms with van der Waals surface area (Å²) in [5, 5.41) is 6.88. The van der Waals surface area contributed by atoms with E-state index >= 15 is 0 Å². The molecule has 1 aromatic carbocycles. The van der Waals surface area contributed by atoms with E-state index in [9.17, 15) is 4.79 Å². The smallest absolute Gasteiger partial charge is 0.251 e. The molecule has 3 nitrogen and oxygen atoms in total. The maximum atomic E-state index is 11.9. The first-order valence-corrected chi connectivity index (χ1v) is 7.18. The lowest BCUT2D eigenvalue weighted by atomic mass is 10.1. The van der Waals surface area contributed by atoms with Gasteiger partial charge in [-0.05, 0) is 50.6 Å². The Morgan fingerprint density at radius 2 is 2.05 bits per heavy atom. The summed E-state index contributed by atoms with van der Waals surface area (Å²) in [6.45, 7) is 3.80. The average Bonchev–Trinajstić information content (AvgIpc) is 2.39. The number of rotatable bonds is 7. The first-order valence-electron chi connectivity index (χ1n) is 6.42. The molecule has 1 aromatic rings. The fraction of sp³-hybridized carbons (Fsp3) is 0.500. The van der Waals surface area contributed by atoms with Crippen LogP contribution in [0.5, 0.6) is 0 Å². The molecule has 2 N–H and O–H groups in total. The van der Waals surface area contributed by atoms with E-state index in [-0.39, 0.29) is 5.91 Å². The molecule has 0 aromatic heterocycles. The van der Waals surface area contributed by atoms with Crippen LogP contribution in [-0.2, 0) is 0 Å². The predicted octanol–water partition coefficient (Wildman–Crippen LogP) is 3.36. The van der Waals surface area contributed by atoms with Gasteiger partial charge in [-0.15, -0.1) is 0 Å². The van der Waals surface area contributed by atoms with E-state index in [4.69, 9.17) is 23.2 Å². The second-order valence-corrected chi connectivity index (χ2v) is 5.50. The van der Waals surface area contributed by atoms with Gasteiger partial charge in [0.1, 0.15) is 0 Å². The number of amides is 1. The van der Waals surface area contributed by atoms with Crippen LogP contribution in [0.4, 0.5) is 0 Å². The third kappa shape index (κ3) is 5.81. The molecule has 0 spiro atoms. The molecule has 0 saturated heterocycles. The SMILES string of the molecule is CNCCCC(C)CNC(=O)c1ccc(Cl)c(Cl)c1. The van der Waals surface area contributed by atoms with E-state index in [0.717, 1.165) is 19.4 Å². The number of hydrogen-bond acceptors (Lipinski definition) is 2. The summed E-state index contributed by atoms with van der Waals surface area (Å²) in [4.78, 5) is 11.9. The van der Waals surface area contributed by atoms with Gasteiger partial charge in [0.2, 0.25) is 0 Å². The van der Waals surface area contributed by atoms with Crippen molar-refractivity contribution in [2.24, 2.45) is 5.92 Å². The summed E-state index contributed by atoms with van der Waals surface area (Å²) in [5.41, 5.74) is 0.539. The molecule has 1 unspecified atom stereocenters. The van der Waals surface area contributed by atoms with Crippen LogP contribution in [0.1, 0.15) is 30.1 Å². The van der Waals surface area contributed by atoms with E-state index < -0.39 is 0 Å².